The molecule has 4 atom stereocenters. The highest BCUT2D eigenvalue weighted by Crippen LogP contribution is 2.63. The van der Waals surface area contributed by atoms with Crippen molar-refractivity contribution in [3.8, 4) is 0 Å². The van der Waals surface area contributed by atoms with E-state index in [9.17, 15) is 4.79 Å². The van der Waals surface area contributed by atoms with Crippen molar-refractivity contribution in [3.05, 3.63) is 29.8 Å². The number of nitrogens with zero attached hydrogens (tertiary/aromatic N) is 1. The summed E-state index contributed by atoms with van der Waals surface area (Å²) in [4.78, 5) is 14.8. The Bertz CT molecular complexity index is 657. The van der Waals surface area contributed by atoms with Gasteiger partial charge in [0.2, 0.25) is 5.91 Å². The lowest BCUT2D eigenvalue weighted by atomic mass is 9.52. The van der Waals surface area contributed by atoms with E-state index in [1.165, 1.54) is 30.5 Å². The molecule has 1 spiro atoms. The number of carbonyl (C=O) groups excluding carboxylic acids is 1. The first-order valence-electron chi connectivity index (χ1n) is 8.87. The predicted octanol–water partition coefficient (Wildman–Crippen LogP) is 3.30. The molecule has 2 saturated heterocycles. The van der Waals surface area contributed by atoms with Crippen LogP contribution in [0, 0.1) is 5.41 Å². The van der Waals surface area contributed by atoms with Crippen LogP contribution in [0.3, 0.4) is 0 Å². The van der Waals surface area contributed by atoms with Gasteiger partial charge in [-0.05, 0) is 49.1 Å². The summed E-state index contributed by atoms with van der Waals surface area (Å²) < 4.78 is 0. The molecule has 3 nitrogen and oxygen atoms in total. The van der Waals surface area contributed by atoms with Crippen molar-refractivity contribution in [2.75, 3.05) is 11.9 Å². The Morgan fingerprint density at radius 3 is 3.00 bits per heavy atom. The Balaban J connectivity index is 1.74. The summed E-state index contributed by atoms with van der Waals surface area (Å²) >= 11 is 0. The summed E-state index contributed by atoms with van der Waals surface area (Å²) in [7, 11) is 0. The van der Waals surface area contributed by atoms with E-state index in [2.05, 4.69) is 41.4 Å². The third-order valence-corrected chi connectivity index (χ3v) is 7.32. The Morgan fingerprint density at radius 2 is 2.14 bits per heavy atom. The van der Waals surface area contributed by atoms with Crippen LogP contribution < -0.4 is 5.32 Å². The summed E-state index contributed by atoms with van der Waals surface area (Å²) in [6, 6.07) is 9.78. The highest BCUT2D eigenvalue weighted by molar-refractivity contribution is 5.80. The smallest absolute Gasteiger partial charge is 0.222 e. The molecule has 3 heterocycles. The number of amides is 1. The number of nitrogens with one attached hydrogen (secondary N) is 1. The van der Waals surface area contributed by atoms with E-state index in [0.717, 1.165) is 25.8 Å². The minimum atomic E-state index is 0.168. The van der Waals surface area contributed by atoms with Gasteiger partial charge in [0.1, 0.15) is 0 Å². The van der Waals surface area contributed by atoms with E-state index < -0.39 is 0 Å². The van der Waals surface area contributed by atoms with Gasteiger partial charge in [-0.25, -0.2) is 0 Å². The zero-order valence-electron chi connectivity index (χ0n) is 13.3. The minimum Gasteiger partial charge on any atom is -0.381 e. The number of hydrogen-bond acceptors (Lipinski definition) is 2. The molecule has 1 N–H and O–H groups in total. The fourth-order valence-corrected chi connectivity index (χ4v) is 6.37. The second kappa shape index (κ2) is 4.06. The zero-order valence-corrected chi connectivity index (χ0v) is 13.3. The van der Waals surface area contributed by atoms with Crippen LogP contribution in [0.4, 0.5) is 5.69 Å². The van der Waals surface area contributed by atoms with Crippen molar-refractivity contribution in [1.29, 1.82) is 0 Å². The number of benzene rings is 1. The van der Waals surface area contributed by atoms with Crippen molar-refractivity contribution in [1.82, 2.24) is 4.90 Å². The Hall–Kier alpha value is -1.51. The van der Waals surface area contributed by atoms with Gasteiger partial charge in [-0.1, -0.05) is 25.1 Å². The average molecular weight is 296 g/mol. The van der Waals surface area contributed by atoms with Gasteiger partial charge >= 0.3 is 0 Å². The first kappa shape index (κ1) is 13.0. The number of fused-ring (bicyclic) bond motifs is 1. The lowest BCUT2D eigenvalue weighted by Crippen LogP contribution is -2.64. The maximum Gasteiger partial charge on any atom is 0.222 e. The maximum atomic E-state index is 12.6. The van der Waals surface area contributed by atoms with Crippen LogP contribution in [0.5, 0.6) is 0 Å². The maximum absolute atomic E-state index is 12.6. The second-order valence-electron chi connectivity index (χ2n) is 7.78. The third-order valence-electron chi connectivity index (χ3n) is 7.32. The van der Waals surface area contributed by atoms with E-state index in [0.29, 0.717) is 23.4 Å². The molecule has 3 fully saturated rings. The van der Waals surface area contributed by atoms with E-state index in [1.807, 2.05) is 0 Å². The van der Waals surface area contributed by atoms with E-state index in [4.69, 9.17) is 0 Å². The molecule has 3 heteroatoms. The molecule has 0 aromatic heterocycles. The number of rotatable bonds is 1. The number of anilines is 1. The number of carbonyl (C=O) groups is 1. The van der Waals surface area contributed by atoms with Gasteiger partial charge < -0.3 is 10.2 Å². The quantitative estimate of drug-likeness (QED) is 0.862. The fourth-order valence-electron chi connectivity index (χ4n) is 6.37. The van der Waals surface area contributed by atoms with Gasteiger partial charge in [-0.15, -0.1) is 0 Å². The van der Waals surface area contributed by atoms with Gasteiger partial charge in [0.05, 0.1) is 0 Å². The molecule has 1 aromatic rings. The summed E-state index contributed by atoms with van der Waals surface area (Å²) in [6.07, 6.45) is 6.73. The number of hydrogen-bond donors (Lipinski definition) is 1. The highest BCUT2D eigenvalue weighted by Gasteiger charge is 2.67. The largest absolute Gasteiger partial charge is 0.381 e. The van der Waals surface area contributed by atoms with Crippen LogP contribution in [0.1, 0.15) is 51.0 Å². The summed E-state index contributed by atoms with van der Waals surface area (Å²) in [5.74, 6) is 0.399. The number of para-hydroxylation sites is 1. The summed E-state index contributed by atoms with van der Waals surface area (Å²) in [5.41, 5.74) is 3.32. The molecular weight excluding hydrogens is 272 g/mol. The SMILES string of the molecule is CCC12CCC(=O)N3CCC4(c5ccccc5NC4CC1)C32. The van der Waals surface area contributed by atoms with E-state index >= 15 is 0 Å². The standard InChI is InChI=1S/C19H24N2O/c1-2-18-9-7-15-19(13-5-3-4-6-14(13)20-15)11-12-21(17(18)19)16(22)8-10-18/h3-6,15,17,20H,2,7-12H2,1H3. The van der Waals surface area contributed by atoms with Crippen LogP contribution in [-0.2, 0) is 10.2 Å². The van der Waals surface area contributed by atoms with Crippen molar-refractivity contribution >= 4 is 11.6 Å². The van der Waals surface area contributed by atoms with Crippen molar-refractivity contribution in [2.24, 2.45) is 5.41 Å². The van der Waals surface area contributed by atoms with Gasteiger partial charge in [-0.2, -0.15) is 0 Å². The molecule has 4 unspecified atom stereocenters. The molecule has 1 saturated carbocycles. The highest BCUT2D eigenvalue weighted by atomic mass is 16.2. The molecule has 0 bridgehead atoms. The average Bonchev–Trinajstić information content (AvgIpc) is 3.11. The van der Waals surface area contributed by atoms with Crippen LogP contribution in [0.2, 0.25) is 0 Å². The van der Waals surface area contributed by atoms with Crippen LogP contribution in [0.15, 0.2) is 24.3 Å². The topological polar surface area (TPSA) is 32.3 Å². The van der Waals surface area contributed by atoms with Gasteiger partial charge in [0.15, 0.2) is 0 Å². The molecule has 22 heavy (non-hydrogen) atoms. The normalized spacial score (nSPS) is 41.7. The minimum absolute atomic E-state index is 0.168. The molecule has 1 aromatic carbocycles. The van der Waals surface area contributed by atoms with Gasteiger partial charge in [-0.3, -0.25) is 4.79 Å². The van der Waals surface area contributed by atoms with Crippen molar-refractivity contribution < 1.29 is 4.79 Å². The molecule has 1 aliphatic carbocycles. The monoisotopic (exact) mass is 296 g/mol. The summed E-state index contributed by atoms with van der Waals surface area (Å²) in [5, 5.41) is 3.81. The summed E-state index contributed by atoms with van der Waals surface area (Å²) in [6.45, 7) is 3.30. The third kappa shape index (κ3) is 1.28. The van der Waals surface area contributed by atoms with Crippen LogP contribution >= 0.6 is 0 Å². The number of piperidine rings is 1. The van der Waals surface area contributed by atoms with Gasteiger partial charge in [0.25, 0.3) is 0 Å². The Kier molecular flexibility index (Phi) is 2.40. The first-order valence-corrected chi connectivity index (χ1v) is 8.87. The molecule has 0 radical (unpaired) electrons. The molecular formula is C19H24N2O. The van der Waals surface area contributed by atoms with Crippen molar-refractivity contribution in [2.45, 2.75) is 62.9 Å². The molecule has 1 amide bonds. The van der Waals surface area contributed by atoms with Crippen molar-refractivity contribution in [3.63, 3.8) is 0 Å². The van der Waals surface area contributed by atoms with Gasteiger partial charge in [0, 0.05) is 36.2 Å². The molecule has 4 aliphatic rings. The van der Waals surface area contributed by atoms with E-state index in [1.54, 1.807) is 0 Å². The first-order chi connectivity index (χ1) is 10.7. The predicted molar refractivity (Wildman–Crippen MR) is 86.8 cm³/mol. The Labute approximate surface area is 132 Å². The fraction of sp³-hybridized carbons (Fsp3) is 0.632. The van der Waals surface area contributed by atoms with E-state index in [-0.39, 0.29) is 5.41 Å². The lowest BCUT2D eigenvalue weighted by Gasteiger charge is -2.57. The Morgan fingerprint density at radius 1 is 1.27 bits per heavy atom. The molecule has 116 valence electrons. The second-order valence-corrected chi connectivity index (χ2v) is 7.78. The molecule has 5 rings (SSSR count). The van der Waals surface area contributed by atoms with Crippen LogP contribution in [0.25, 0.3) is 0 Å². The molecule has 3 aliphatic heterocycles. The zero-order chi connectivity index (χ0) is 14.9. The van der Waals surface area contributed by atoms with Crippen LogP contribution in [-0.4, -0.2) is 29.4 Å². The lowest BCUT2D eigenvalue weighted by molar-refractivity contribution is -0.145.